The summed E-state index contributed by atoms with van der Waals surface area (Å²) in [6.07, 6.45) is 15.8. The van der Waals surface area contributed by atoms with E-state index in [1.165, 1.54) is 36.0 Å². The Morgan fingerprint density at radius 3 is 1.97 bits per heavy atom. The summed E-state index contributed by atoms with van der Waals surface area (Å²) in [5.41, 5.74) is 5.28. The van der Waals surface area contributed by atoms with Crippen LogP contribution < -0.4 is 5.32 Å². The maximum Gasteiger partial charge on any atom is 0.244 e. The maximum absolute atomic E-state index is 12.1. The van der Waals surface area contributed by atoms with Crippen molar-refractivity contribution in [3.05, 3.63) is 58.7 Å². The van der Waals surface area contributed by atoms with Crippen LogP contribution in [0, 0.1) is 5.41 Å². The van der Waals surface area contributed by atoms with Crippen molar-refractivity contribution in [2.45, 2.75) is 60.8 Å². The molecule has 0 saturated carbocycles. The van der Waals surface area contributed by atoms with E-state index in [1.807, 2.05) is 26.0 Å². The van der Waals surface area contributed by atoms with Gasteiger partial charge < -0.3 is 29.0 Å². The van der Waals surface area contributed by atoms with Crippen LogP contribution in [0.25, 0.3) is 0 Å². The average molecular weight is 548 g/mol. The monoisotopic (exact) mass is 547 g/mol. The number of hydrogen-bond acceptors (Lipinski definition) is 6. The van der Waals surface area contributed by atoms with E-state index < -0.39 is 0 Å². The van der Waals surface area contributed by atoms with Gasteiger partial charge in [0.2, 0.25) is 5.91 Å². The number of rotatable bonds is 21. The van der Waals surface area contributed by atoms with Crippen LogP contribution in [0.3, 0.4) is 0 Å². The number of nitrogens with one attached hydrogen (secondary N) is 1. The third-order valence-corrected chi connectivity index (χ3v) is 6.37. The van der Waals surface area contributed by atoms with Gasteiger partial charge in [-0.25, -0.2) is 0 Å². The minimum Gasteiger partial charge on any atom is -0.379 e. The summed E-state index contributed by atoms with van der Waals surface area (Å²) >= 11 is 0. The van der Waals surface area contributed by atoms with Gasteiger partial charge >= 0.3 is 0 Å². The van der Waals surface area contributed by atoms with Gasteiger partial charge in [-0.05, 0) is 63.5 Å². The number of carbonyl (C=O) groups excluding carboxylic acids is 1. The van der Waals surface area contributed by atoms with E-state index in [2.05, 4.69) is 51.2 Å². The lowest BCUT2D eigenvalue weighted by Crippen LogP contribution is -2.26. The Bertz CT molecular complexity index is 838. The van der Waals surface area contributed by atoms with Gasteiger partial charge in [-0.1, -0.05) is 55.4 Å². The minimum absolute atomic E-state index is 0.126. The first kappa shape index (κ1) is 35.0. The van der Waals surface area contributed by atoms with Gasteiger partial charge in [-0.2, -0.15) is 0 Å². The second-order valence-corrected chi connectivity index (χ2v) is 10.4. The van der Waals surface area contributed by atoms with Crippen LogP contribution in [-0.2, 0) is 28.5 Å². The molecule has 0 spiro atoms. The van der Waals surface area contributed by atoms with E-state index in [1.54, 1.807) is 6.08 Å². The summed E-state index contributed by atoms with van der Waals surface area (Å²) in [6.45, 7) is 18.8. The highest BCUT2D eigenvalue weighted by Crippen LogP contribution is 2.40. The van der Waals surface area contributed by atoms with E-state index in [4.69, 9.17) is 23.7 Å². The SMILES string of the molecule is CCOCCOCCOCCOCCOCCNC(=O)/C=C(C)/C=C/C=C(C)/C=C/C1=C(C)CCCC1(C)C. The number of amides is 1. The van der Waals surface area contributed by atoms with Crippen molar-refractivity contribution in [3.63, 3.8) is 0 Å². The Balaban J connectivity index is 2.11. The predicted octanol–water partition coefficient (Wildman–Crippen LogP) is 5.74. The van der Waals surface area contributed by atoms with E-state index in [0.717, 1.165) is 5.57 Å². The second kappa shape index (κ2) is 21.8. The highest BCUT2D eigenvalue weighted by Gasteiger charge is 2.26. The van der Waals surface area contributed by atoms with Crippen LogP contribution in [0.4, 0.5) is 0 Å². The fourth-order valence-electron chi connectivity index (χ4n) is 4.21. The van der Waals surface area contributed by atoms with E-state index in [-0.39, 0.29) is 11.3 Å². The molecule has 1 amide bonds. The van der Waals surface area contributed by atoms with Crippen LogP contribution in [0.1, 0.15) is 60.8 Å². The lowest BCUT2D eigenvalue weighted by atomic mass is 9.72. The molecule has 0 unspecified atom stereocenters. The number of allylic oxidation sites excluding steroid dienone is 9. The first-order chi connectivity index (χ1) is 18.8. The molecule has 0 aromatic heterocycles. The molecular formula is C32H53NO6. The van der Waals surface area contributed by atoms with Crippen molar-refractivity contribution in [1.29, 1.82) is 0 Å². The van der Waals surface area contributed by atoms with Crippen molar-refractivity contribution in [2.75, 3.05) is 72.6 Å². The standard InChI is InChI=1S/C32H53NO6/c1-7-35-18-19-37-22-23-39-25-24-38-21-20-36-17-16-33-31(34)26-28(3)11-8-10-27(2)13-14-30-29(4)12-9-15-32(30,5)6/h8,10-11,13-14,26H,7,9,12,15-25H2,1-6H3,(H,33,34)/b11-8+,14-13+,27-10+,28-26+. The molecule has 7 heteroatoms. The van der Waals surface area contributed by atoms with Crippen molar-refractivity contribution in [1.82, 2.24) is 5.32 Å². The topological polar surface area (TPSA) is 75.2 Å². The molecule has 0 radical (unpaired) electrons. The third kappa shape index (κ3) is 18.0. The highest BCUT2D eigenvalue weighted by atomic mass is 16.6. The Labute approximate surface area is 237 Å². The molecular weight excluding hydrogens is 494 g/mol. The molecule has 7 nitrogen and oxygen atoms in total. The molecule has 0 aromatic rings. The summed E-state index contributed by atoms with van der Waals surface area (Å²) in [5, 5.41) is 2.84. The lowest BCUT2D eigenvalue weighted by molar-refractivity contribution is -0.116. The summed E-state index contributed by atoms with van der Waals surface area (Å²) in [5.74, 6) is -0.126. The van der Waals surface area contributed by atoms with Crippen LogP contribution in [0.5, 0.6) is 0 Å². The largest absolute Gasteiger partial charge is 0.379 e. The van der Waals surface area contributed by atoms with Crippen molar-refractivity contribution >= 4 is 5.91 Å². The molecule has 1 rings (SSSR count). The molecule has 1 aliphatic carbocycles. The van der Waals surface area contributed by atoms with E-state index in [0.29, 0.717) is 72.6 Å². The summed E-state index contributed by atoms with van der Waals surface area (Å²) in [6, 6.07) is 0. The molecule has 0 atom stereocenters. The lowest BCUT2D eigenvalue weighted by Gasteiger charge is -2.32. The molecule has 0 heterocycles. The summed E-state index contributed by atoms with van der Waals surface area (Å²) < 4.78 is 26.9. The normalized spacial score (nSPS) is 16.6. The highest BCUT2D eigenvalue weighted by molar-refractivity contribution is 5.88. The zero-order valence-corrected chi connectivity index (χ0v) is 25.3. The van der Waals surface area contributed by atoms with Crippen molar-refractivity contribution in [2.24, 2.45) is 5.41 Å². The number of hydrogen-bond donors (Lipinski definition) is 1. The summed E-state index contributed by atoms with van der Waals surface area (Å²) in [4.78, 5) is 12.1. The quantitative estimate of drug-likeness (QED) is 0.112. The molecule has 0 aromatic carbocycles. The van der Waals surface area contributed by atoms with Crippen LogP contribution in [0.2, 0.25) is 0 Å². The minimum atomic E-state index is -0.126. The molecule has 222 valence electrons. The fourth-order valence-corrected chi connectivity index (χ4v) is 4.21. The predicted molar refractivity (Wildman–Crippen MR) is 159 cm³/mol. The average Bonchev–Trinajstić information content (AvgIpc) is 2.87. The zero-order chi connectivity index (χ0) is 28.8. The number of carbonyl (C=O) groups is 1. The molecule has 0 fully saturated rings. The van der Waals surface area contributed by atoms with Crippen LogP contribution >= 0.6 is 0 Å². The molecule has 0 bridgehead atoms. The smallest absolute Gasteiger partial charge is 0.244 e. The van der Waals surface area contributed by atoms with Gasteiger partial charge in [0.1, 0.15) is 0 Å². The van der Waals surface area contributed by atoms with Gasteiger partial charge in [-0.3, -0.25) is 4.79 Å². The van der Waals surface area contributed by atoms with E-state index in [9.17, 15) is 4.79 Å². The Morgan fingerprint density at radius 1 is 0.846 bits per heavy atom. The van der Waals surface area contributed by atoms with Gasteiger partial charge in [-0.15, -0.1) is 0 Å². The van der Waals surface area contributed by atoms with Crippen molar-refractivity contribution in [3.8, 4) is 0 Å². The van der Waals surface area contributed by atoms with Crippen molar-refractivity contribution < 1.29 is 28.5 Å². The molecule has 1 N–H and O–H groups in total. The van der Waals surface area contributed by atoms with Crippen LogP contribution in [-0.4, -0.2) is 78.5 Å². The van der Waals surface area contributed by atoms with E-state index >= 15 is 0 Å². The molecule has 0 aliphatic heterocycles. The first-order valence-electron chi connectivity index (χ1n) is 14.3. The zero-order valence-electron chi connectivity index (χ0n) is 25.3. The van der Waals surface area contributed by atoms with Gasteiger partial charge in [0.25, 0.3) is 0 Å². The molecule has 1 aliphatic rings. The fraction of sp³-hybridized carbons (Fsp3) is 0.656. The van der Waals surface area contributed by atoms with Gasteiger partial charge in [0.05, 0.1) is 59.5 Å². The van der Waals surface area contributed by atoms with Crippen LogP contribution in [0.15, 0.2) is 58.7 Å². The maximum atomic E-state index is 12.1. The number of ether oxygens (including phenoxy) is 5. The van der Waals surface area contributed by atoms with Gasteiger partial charge in [0, 0.05) is 19.2 Å². The third-order valence-electron chi connectivity index (χ3n) is 6.37. The van der Waals surface area contributed by atoms with Gasteiger partial charge in [0.15, 0.2) is 0 Å². The Morgan fingerprint density at radius 2 is 1.41 bits per heavy atom. The Hall–Kier alpha value is -2.03. The molecule has 0 saturated heterocycles. The first-order valence-corrected chi connectivity index (χ1v) is 14.3. The Kier molecular flexibility index (Phi) is 19.5. The second-order valence-electron chi connectivity index (χ2n) is 10.4. The summed E-state index contributed by atoms with van der Waals surface area (Å²) in [7, 11) is 0. The molecule has 39 heavy (non-hydrogen) atoms.